The van der Waals surface area contributed by atoms with Crippen LogP contribution in [0.25, 0.3) is 0 Å². The monoisotopic (exact) mass is 443 g/mol. The molecule has 0 aliphatic heterocycles. The number of nitrogen functional groups attached to an aromatic ring is 1. The molecule has 0 saturated heterocycles. The minimum absolute atomic E-state index is 0.0183. The predicted octanol–water partition coefficient (Wildman–Crippen LogP) is 5.36. The summed E-state index contributed by atoms with van der Waals surface area (Å²) < 4.78 is 0.929. The van der Waals surface area contributed by atoms with E-state index in [4.69, 9.17) is 5.73 Å². The van der Waals surface area contributed by atoms with Crippen molar-refractivity contribution in [1.82, 2.24) is 0 Å². The first kappa shape index (κ1) is 21.7. The number of rotatable bonds is 9. The van der Waals surface area contributed by atoms with Crippen molar-refractivity contribution in [2.24, 2.45) is 5.92 Å². The van der Waals surface area contributed by atoms with Crippen molar-refractivity contribution in [3.63, 3.8) is 0 Å². The molecular weight excluding hydrogens is 418 g/mol. The Morgan fingerprint density at radius 1 is 1.07 bits per heavy atom. The number of allylic oxidation sites excluding steroid dienone is 2. The highest BCUT2D eigenvalue weighted by Crippen LogP contribution is 2.18. The third-order valence-electron chi connectivity index (χ3n) is 4.17. The van der Waals surface area contributed by atoms with Gasteiger partial charge in [0, 0.05) is 23.0 Å². The van der Waals surface area contributed by atoms with E-state index in [9.17, 15) is 9.59 Å². The summed E-state index contributed by atoms with van der Waals surface area (Å²) in [6.45, 7) is 2.06. The predicted molar refractivity (Wildman–Crippen MR) is 119 cm³/mol. The lowest BCUT2D eigenvalue weighted by atomic mass is 10.0. The van der Waals surface area contributed by atoms with Crippen LogP contribution in [-0.4, -0.2) is 11.8 Å². The third kappa shape index (κ3) is 7.96. The Morgan fingerprint density at radius 2 is 1.82 bits per heavy atom. The van der Waals surface area contributed by atoms with Crippen LogP contribution in [0.15, 0.2) is 65.2 Å². The summed E-state index contributed by atoms with van der Waals surface area (Å²) in [4.78, 5) is 24.0. The van der Waals surface area contributed by atoms with Gasteiger partial charge in [-0.15, -0.1) is 0 Å². The molecule has 2 amide bonds. The topological polar surface area (TPSA) is 84.2 Å². The Morgan fingerprint density at radius 3 is 2.57 bits per heavy atom. The van der Waals surface area contributed by atoms with Crippen molar-refractivity contribution in [1.29, 1.82) is 0 Å². The standard InChI is InChI=1S/C22H26BrN3O2/c1-16(13-14-22(28)26-20-11-4-3-10-19(20)24)7-2-5-12-21(27)25-18-9-6-8-17(23)15-18/h2-4,6-11,15-16H,5,12-14,24H2,1H3,(H,25,27)(H,26,28). The molecule has 0 saturated carbocycles. The quantitative estimate of drug-likeness (QED) is 0.360. The van der Waals surface area contributed by atoms with Gasteiger partial charge in [0.1, 0.15) is 0 Å². The lowest BCUT2D eigenvalue weighted by Crippen LogP contribution is -2.13. The fourth-order valence-electron chi connectivity index (χ4n) is 2.61. The summed E-state index contributed by atoms with van der Waals surface area (Å²) in [7, 11) is 0. The summed E-state index contributed by atoms with van der Waals surface area (Å²) >= 11 is 3.38. The SMILES string of the molecule is CC(C=CCCC(=O)Nc1cccc(Br)c1)CCC(=O)Nc1ccccc1N. The Labute approximate surface area is 174 Å². The molecule has 5 nitrogen and oxygen atoms in total. The van der Waals surface area contributed by atoms with Crippen LogP contribution in [0.5, 0.6) is 0 Å². The maximum Gasteiger partial charge on any atom is 0.224 e. The first-order chi connectivity index (χ1) is 13.4. The zero-order chi connectivity index (χ0) is 20.4. The zero-order valence-electron chi connectivity index (χ0n) is 16.0. The highest BCUT2D eigenvalue weighted by molar-refractivity contribution is 9.10. The number of anilines is 3. The third-order valence-corrected chi connectivity index (χ3v) is 4.67. The van der Waals surface area contributed by atoms with E-state index < -0.39 is 0 Å². The van der Waals surface area contributed by atoms with Crippen molar-refractivity contribution in [2.75, 3.05) is 16.4 Å². The fraction of sp³-hybridized carbons (Fsp3) is 0.273. The Balaban J connectivity index is 1.65. The molecule has 0 fully saturated rings. The van der Waals surface area contributed by atoms with Gasteiger partial charge in [0.05, 0.1) is 11.4 Å². The van der Waals surface area contributed by atoms with Crippen molar-refractivity contribution in [3.05, 3.63) is 65.2 Å². The highest BCUT2D eigenvalue weighted by Gasteiger charge is 2.07. The van der Waals surface area contributed by atoms with Gasteiger partial charge >= 0.3 is 0 Å². The number of nitrogens with one attached hydrogen (secondary N) is 2. The van der Waals surface area contributed by atoms with Gasteiger partial charge in [-0.05, 0) is 49.1 Å². The lowest BCUT2D eigenvalue weighted by molar-refractivity contribution is -0.117. The summed E-state index contributed by atoms with van der Waals surface area (Å²) in [6.07, 6.45) is 6.29. The van der Waals surface area contributed by atoms with Gasteiger partial charge < -0.3 is 16.4 Å². The molecule has 2 aromatic rings. The van der Waals surface area contributed by atoms with Crippen LogP contribution < -0.4 is 16.4 Å². The number of benzene rings is 2. The van der Waals surface area contributed by atoms with Crippen LogP contribution in [-0.2, 0) is 9.59 Å². The Bertz CT molecular complexity index is 836. The van der Waals surface area contributed by atoms with E-state index in [0.29, 0.717) is 30.6 Å². The van der Waals surface area contributed by atoms with E-state index in [1.807, 2.05) is 42.5 Å². The van der Waals surface area contributed by atoms with Crippen molar-refractivity contribution in [2.45, 2.75) is 32.6 Å². The Hall–Kier alpha value is -2.60. The van der Waals surface area contributed by atoms with Crippen molar-refractivity contribution in [3.8, 4) is 0 Å². The molecule has 1 unspecified atom stereocenters. The molecular formula is C22H26BrN3O2. The van der Waals surface area contributed by atoms with Gasteiger partial charge in [-0.1, -0.05) is 53.2 Å². The highest BCUT2D eigenvalue weighted by atomic mass is 79.9. The molecule has 0 bridgehead atoms. The average Bonchev–Trinajstić information content (AvgIpc) is 2.65. The molecule has 0 aliphatic rings. The number of carbonyl (C=O) groups is 2. The molecule has 0 radical (unpaired) electrons. The number of hydrogen-bond acceptors (Lipinski definition) is 3. The molecule has 6 heteroatoms. The van der Waals surface area contributed by atoms with Crippen molar-refractivity contribution >= 4 is 44.8 Å². The zero-order valence-corrected chi connectivity index (χ0v) is 17.5. The van der Waals surface area contributed by atoms with E-state index in [1.54, 1.807) is 12.1 Å². The molecule has 0 aromatic heterocycles. The summed E-state index contributed by atoms with van der Waals surface area (Å²) in [5.41, 5.74) is 7.81. The van der Waals surface area contributed by atoms with Crippen LogP contribution in [0.1, 0.15) is 32.6 Å². The normalized spacial score (nSPS) is 11.9. The van der Waals surface area contributed by atoms with Crippen molar-refractivity contribution < 1.29 is 9.59 Å². The molecule has 2 aromatic carbocycles. The number of amides is 2. The largest absolute Gasteiger partial charge is 0.397 e. The number of nitrogens with two attached hydrogens (primary N) is 1. The first-order valence-corrected chi connectivity index (χ1v) is 10.1. The van der Waals surface area contributed by atoms with E-state index in [-0.39, 0.29) is 17.7 Å². The van der Waals surface area contributed by atoms with Gasteiger partial charge in [-0.3, -0.25) is 9.59 Å². The number of hydrogen-bond donors (Lipinski definition) is 3. The molecule has 148 valence electrons. The van der Waals surface area contributed by atoms with Crippen LogP contribution in [0.4, 0.5) is 17.1 Å². The second-order valence-electron chi connectivity index (χ2n) is 6.68. The summed E-state index contributed by atoms with van der Waals surface area (Å²) in [5.74, 6) is 0.189. The molecule has 4 N–H and O–H groups in total. The van der Waals surface area contributed by atoms with E-state index in [0.717, 1.165) is 16.6 Å². The smallest absolute Gasteiger partial charge is 0.224 e. The van der Waals surface area contributed by atoms with Crippen LogP contribution >= 0.6 is 15.9 Å². The van der Waals surface area contributed by atoms with E-state index in [2.05, 4.69) is 39.6 Å². The molecule has 28 heavy (non-hydrogen) atoms. The number of carbonyl (C=O) groups excluding carboxylic acids is 2. The van der Waals surface area contributed by atoms with E-state index in [1.165, 1.54) is 0 Å². The second-order valence-corrected chi connectivity index (χ2v) is 7.59. The summed E-state index contributed by atoms with van der Waals surface area (Å²) in [5, 5.41) is 5.70. The lowest BCUT2D eigenvalue weighted by Gasteiger charge is -2.09. The van der Waals surface area contributed by atoms with Gasteiger partial charge in [0.2, 0.25) is 11.8 Å². The molecule has 1 atom stereocenters. The number of halogens is 1. The maximum atomic E-state index is 12.0. The van der Waals surface area contributed by atoms with Gasteiger partial charge in [-0.2, -0.15) is 0 Å². The summed E-state index contributed by atoms with van der Waals surface area (Å²) in [6, 6.07) is 14.7. The van der Waals surface area contributed by atoms with Gasteiger partial charge in [-0.25, -0.2) is 0 Å². The second kappa shape index (κ2) is 11.3. The molecule has 0 heterocycles. The fourth-order valence-corrected chi connectivity index (χ4v) is 3.01. The minimum atomic E-state index is -0.0495. The van der Waals surface area contributed by atoms with Gasteiger partial charge in [0.25, 0.3) is 0 Å². The van der Waals surface area contributed by atoms with Crippen LogP contribution in [0, 0.1) is 5.92 Å². The average molecular weight is 444 g/mol. The minimum Gasteiger partial charge on any atom is -0.397 e. The molecule has 0 spiro atoms. The van der Waals surface area contributed by atoms with Crippen LogP contribution in [0.3, 0.4) is 0 Å². The first-order valence-electron chi connectivity index (χ1n) is 9.30. The Kier molecular flexibility index (Phi) is 8.75. The maximum absolute atomic E-state index is 12.0. The number of para-hydroxylation sites is 2. The van der Waals surface area contributed by atoms with Gasteiger partial charge in [0.15, 0.2) is 0 Å². The van der Waals surface area contributed by atoms with E-state index >= 15 is 0 Å². The molecule has 2 rings (SSSR count). The van der Waals surface area contributed by atoms with Crippen LogP contribution in [0.2, 0.25) is 0 Å². The molecule has 0 aliphatic carbocycles.